The zero-order chi connectivity index (χ0) is 15.7. The van der Waals surface area contributed by atoms with Crippen molar-refractivity contribution in [1.29, 1.82) is 0 Å². The van der Waals surface area contributed by atoms with Crippen LogP contribution in [0, 0.1) is 6.92 Å². The molecule has 1 aliphatic heterocycles. The van der Waals surface area contributed by atoms with Crippen molar-refractivity contribution >= 4 is 5.91 Å². The van der Waals surface area contributed by atoms with Crippen LogP contribution in [0.4, 0.5) is 0 Å². The van der Waals surface area contributed by atoms with Gasteiger partial charge in [-0.15, -0.1) is 0 Å². The summed E-state index contributed by atoms with van der Waals surface area (Å²) in [6, 6.07) is 11.8. The fraction of sp³-hybridized carbons (Fsp3) is 0.278. The van der Waals surface area contributed by atoms with E-state index in [1.165, 1.54) is 0 Å². The highest BCUT2D eigenvalue weighted by molar-refractivity contribution is 5.75. The average Bonchev–Trinajstić information content (AvgIpc) is 2.70. The average molecular weight is 297 g/mol. The largest absolute Gasteiger partial charge is 0.504 e. The number of ether oxygens (including phenoxy) is 1. The summed E-state index contributed by atoms with van der Waals surface area (Å²) >= 11 is 0. The van der Waals surface area contributed by atoms with E-state index in [9.17, 15) is 9.90 Å². The molecule has 0 saturated heterocycles. The first kappa shape index (κ1) is 14.4. The van der Waals surface area contributed by atoms with Crippen LogP contribution in [-0.4, -0.2) is 29.1 Å². The zero-order valence-electron chi connectivity index (χ0n) is 12.8. The number of hydrogen-bond acceptors (Lipinski definition) is 3. The number of phenols is 1. The zero-order valence-corrected chi connectivity index (χ0v) is 12.8. The Bertz CT molecular complexity index is 724. The smallest absolute Gasteiger partial charge is 0.219 e. The molecule has 0 fully saturated rings. The quantitative estimate of drug-likeness (QED) is 0.880. The lowest BCUT2D eigenvalue weighted by Gasteiger charge is -2.18. The van der Waals surface area contributed by atoms with E-state index in [1.54, 1.807) is 17.9 Å². The maximum Gasteiger partial charge on any atom is 0.219 e. The molecule has 0 spiro atoms. The van der Waals surface area contributed by atoms with Crippen LogP contribution in [-0.2, 0) is 11.3 Å². The van der Waals surface area contributed by atoms with Crippen LogP contribution >= 0.6 is 0 Å². The molecule has 1 amide bonds. The van der Waals surface area contributed by atoms with E-state index in [2.05, 4.69) is 0 Å². The van der Waals surface area contributed by atoms with Crippen molar-refractivity contribution in [3.05, 3.63) is 47.5 Å². The number of benzene rings is 2. The molecule has 2 aromatic carbocycles. The summed E-state index contributed by atoms with van der Waals surface area (Å²) in [7, 11) is 0. The SMILES string of the molecule is CC(=O)N1CCOc2c(O)cc(-c3ccccc3C)cc2C1. The van der Waals surface area contributed by atoms with Gasteiger partial charge in [0.25, 0.3) is 0 Å². The Labute approximate surface area is 130 Å². The van der Waals surface area contributed by atoms with Gasteiger partial charge in [0, 0.05) is 19.0 Å². The van der Waals surface area contributed by atoms with Gasteiger partial charge in [-0.1, -0.05) is 24.3 Å². The first-order chi connectivity index (χ1) is 10.6. The summed E-state index contributed by atoms with van der Waals surface area (Å²) in [4.78, 5) is 13.4. The fourth-order valence-electron chi connectivity index (χ4n) is 2.82. The van der Waals surface area contributed by atoms with E-state index < -0.39 is 0 Å². The Hall–Kier alpha value is -2.49. The summed E-state index contributed by atoms with van der Waals surface area (Å²) in [6.07, 6.45) is 0. The van der Waals surface area contributed by atoms with Crippen LogP contribution in [0.15, 0.2) is 36.4 Å². The number of rotatable bonds is 1. The van der Waals surface area contributed by atoms with Crippen molar-refractivity contribution in [2.45, 2.75) is 20.4 Å². The van der Waals surface area contributed by atoms with Gasteiger partial charge in [0.15, 0.2) is 11.5 Å². The molecule has 2 aromatic rings. The van der Waals surface area contributed by atoms with Crippen molar-refractivity contribution in [2.24, 2.45) is 0 Å². The van der Waals surface area contributed by atoms with Crippen molar-refractivity contribution < 1.29 is 14.6 Å². The molecule has 4 heteroatoms. The van der Waals surface area contributed by atoms with Gasteiger partial charge < -0.3 is 14.7 Å². The first-order valence-corrected chi connectivity index (χ1v) is 7.36. The van der Waals surface area contributed by atoms with E-state index in [0.29, 0.717) is 25.4 Å². The van der Waals surface area contributed by atoms with Gasteiger partial charge >= 0.3 is 0 Å². The Balaban J connectivity index is 2.08. The maximum absolute atomic E-state index is 11.7. The molecule has 0 aromatic heterocycles. The Morgan fingerprint density at radius 2 is 2.05 bits per heavy atom. The van der Waals surface area contributed by atoms with E-state index in [4.69, 9.17) is 4.74 Å². The number of aromatic hydroxyl groups is 1. The molecule has 1 N–H and O–H groups in total. The molecule has 0 unspecified atom stereocenters. The summed E-state index contributed by atoms with van der Waals surface area (Å²) < 4.78 is 5.64. The van der Waals surface area contributed by atoms with Crippen LogP contribution in [0.2, 0.25) is 0 Å². The molecular formula is C18H19NO3. The lowest BCUT2D eigenvalue weighted by Crippen LogP contribution is -2.30. The molecule has 0 saturated carbocycles. The van der Waals surface area contributed by atoms with E-state index in [1.807, 2.05) is 37.3 Å². The topological polar surface area (TPSA) is 49.8 Å². The van der Waals surface area contributed by atoms with Gasteiger partial charge in [-0.2, -0.15) is 0 Å². The molecule has 114 valence electrons. The number of fused-ring (bicyclic) bond motifs is 1. The molecule has 4 nitrogen and oxygen atoms in total. The third-order valence-corrected chi connectivity index (χ3v) is 4.02. The Kier molecular flexibility index (Phi) is 3.75. The highest BCUT2D eigenvalue weighted by Crippen LogP contribution is 2.38. The number of amides is 1. The predicted molar refractivity (Wildman–Crippen MR) is 84.9 cm³/mol. The molecular weight excluding hydrogens is 278 g/mol. The van der Waals surface area contributed by atoms with Crippen LogP contribution in [0.25, 0.3) is 11.1 Å². The summed E-state index contributed by atoms with van der Waals surface area (Å²) in [5.74, 6) is 0.625. The summed E-state index contributed by atoms with van der Waals surface area (Å²) in [5.41, 5.74) is 3.98. The minimum Gasteiger partial charge on any atom is -0.504 e. The molecule has 0 bridgehead atoms. The number of hydrogen-bond donors (Lipinski definition) is 1. The number of carbonyl (C=O) groups excluding carboxylic acids is 1. The highest BCUT2D eigenvalue weighted by atomic mass is 16.5. The maximum atomic E-state index is 11.7. The standard InChI is InChI=1S/C18H19NO3/c1-12-5-3-4-6-16(12)14-9-15-11-19(13(2)20)7-8-22-18(15)17(21)10-14/h3-6,9-10,21H,7-8,11H2,1-2H3. The molecule has 1 aliphatic rings. The lowest BCUT2D eigenvalue weighted by molar-refractivity contribution is -0.129. The first-order valence-electron chi connectivity index (χ1n) is 7.36. The highest BCUT2D eigenvalue weighted by Gasteiger charge is 2.21. The van der Waals surface area contributed by atoms with Crippen LogP contribution in [0.1, 0.15) is 18.1 Å². The van der Waals surface area contributed by atoms with Gasteiger partial charge in [0.1, 0.15) is 6.61 Å². The number of phenolic OH excluding ortho intramolecular Hbond substituents is 1. The minimum atomic E-state index is 0.0113. The van der Waals surface area contributed by atoms with E-state index in [0.717, 1.165) is 22.3 Å². The van der Waals surface area contributed by atoms with Gasteiger partial charge in [-0.05, 0) is 35.7 Å². The van der Waals surface area contributed by atoms with Crippen LogP contribution in [0.3, 0.4) is 0 Å². The van der Waals surface area contributed by atoms with E-state index in [-0.39, 0.29) is 11.7 Å². The van der Waals surface area contributed by atoms with Gasteiger partial charge in [-0.25, -0.2) is 0 Å². The van der Waals surface area contributed by atoms with Gasteiger partial charge in [-0.3, -0.25) is 4.79 Å². The second-order valence-corrected chi connectivity index (χ2v) is 5.59. The second-order valence-electron chi connectivity index (χ2n) is 5.59. The van der Waals surface area contributed by atoms with Gasteiger partial charge in [0.2, 0.25) is 5.91 Å². The predicted octanol–water partition coefficient (Wildman–Crippen LogP) is 3.11. The molecule has 0 aliphatic carbocycles. The number of aryl methyl sites for hydroxylation is 1. The fourth-order valence-corrected chi connectivity index (χ4v) is 2.82. The molecule has 3 rings (SSSR count). The third-order valence-electron chi connectivity index (χ3n) is 4.02. The van der Waals surface area contributed by atoms with Crippen molar-refractivity contribution in [3.8, 4) is 22.6 Å². The van der Waals surface area contributed by atoms with Crippen LogP contribution in [0.5, 0.6) is 11.5 Å². The molecule has 22 heavy (non-hydrogen) atoms. The number of carbonyl (C=O) groups is 1. The number of nitrogens with zero attached hydrogens (tertiary/aromatic N) is 1. The van der Waals surface area contributed by atoms with Crippen molar-refractivity contribution in [2.75, 3.05) is 13.2 Å². The normalized spacial score (nSPS) is 14.0. The molecule has 0 atom stereocenters. The molecule has 0 radical (unpaired) electrons. The second kappa shape index (κ2) is 5.72. The molecule has 1 heterocycles. The minimum absolute atomic E-state index is 0.0113. The van der Waals surface area contributed by atoms with Crippen molar-refractivity contribution in [3.63, 3.8) is 0 Å². The van der Waals surface area contributed by atoms with Gasteiger partial charge in [0.05, 0.1) is 6.54 Å². The van der Waals surface area contributed by atoms with E-state index >= 15 is 0 Å². The third kappa shape index (κ3) is 2.64. The Morgan fingerprint density at radius 3 is 2.77 bits per heavy atom. The summed E-state index contributed by atoms with van der Waals surface area (Å²) in [6.45, 7) is 4.97. The summed E-state index contributed by atoms with van der Waals surface area (Å²) in [5, 5.41) is 10.3. The Morgan fingerprint density at radius 1 is 1.27 bits per heavy atom. The lowest BCUT2D eigenvalue weighted by atomic mass is 9.98. The monoisotopic (exact) mass is 297 g/mol. The van der Waals surface area contributed by atoms with Crippen molar-refractivity contribution in [1.82, 2.24) is 4.90 Å². The van der Waals surface area contributed by atoms with Crippen LogP contribution < -0.4 is 4.74 Å².